The molecule has 4 rings (SSSR count). The van der Waals surface area contributed by atoms with Crippen LogP contribution in [0.1, 0.15) is 19.3 Å². The van der Waals surface area contributed by atoms with Crippen LogP contribution in [0.2, 0.25) is 0 Å². The second kappa shape index (κ2) is 7.42. The van der Waals surface area contributed by atoms with E-state index in [4.69, 9.17) is 14.2 Å². The molecule has 2 fully saturated rings. The van der Waals surface area contributed by atoms with Crippen LogP contribution in [0.4, 0.5) is 0 Å². The Kier molecular flexibility index (Phi) is 4.85. The summed E-state index contributed by atoms with van der Waals surface area (Å²) >= 11 is 0. The van der Waals surface area contributed by atoms with Crippen molar-refractivity contribution in [2.75, 3.05) is 26.4 Å². The molecular formula is C20H23NO4. The van der Waals surface area contributed by atoms with E-state index in [2.05, 4.69) is 6.07 Å². The highest BCUT2D eigenvalue weighted by Gasteiger charge is 2.36. The maximum absolute atomic E-state index is 12.7. The van der Waals surface area contributed by atoms with Crippen LogP contribution in [-0.2, 0) is 14.3 Å². The zero-order valence-corrected chi connectivity index (χ0v) is 14.2. The highest BCUT2D eigenvalue weighted by Crippen LogP contribution is 2.25. The van der Waals surface area contributed by atoms with Crippen LogP contribution in [-0.4, -0.2) is 49.5 Å². The minimum absolute atomic E-state index is 0.00282. The fourth-order valence-corrected chi connectivity index (χ4v) is 3.63. The summed E-state index contributed by atoms with van der Waals surface area (Å²) in [4.78, 5) is 14.6. The lowest BCUT2D eigenvalue weighted by Crippen LogP contribution is -2.51. The highest BCUT2D eigenvalue weighted by atomic mass is 16.7. The number of rotatable bonds is 4. The fourth-order valence-electron chi connectivity index (χ4n) is 3.63. The van der Waals surface area contributed by atoms with Gasteiger partial charge in [-0.1, -0.05) is 30.3 Å². The van der Waals surface area contributed by atoms with E-state index in [0.717, 1.165) is 36.6 Å². The zero-order valence-electron chi connectivity index (χ0n) is 14.2. The number of benzene rings is 2. The second-order valence-electron chi connectivity index (χ2n) is 6.56. The summed E-state index contributed by atoms with van der Waals surface area (Å²) in [7, 11) is 0. The van der Waals surface area contributed by atoms with Crippen molar-refractivity contribution in [2.45, 2.75) is 31.6 Å². The topological polar surface area (TPSA) is 48.0 Å². The van der Waals surface area contributed by atoms with Gasteiger partial charge in [-0.15, -0.1) is 0 Å². The summed E-state index contributed by atoms with van der Waals surface area (Å²) in [5, 5.41) is 2.27. The second-order valence-corrected chi connectivity index (χ2v) is 6.56. The normalized spacial score (nSPS) is 21.6. The van der Waals surface area contributed by atoms with Crippen molar-refractivity contribution < 1.29 is 19.0 Å². The van der Waals surface area contributed by atoms with Crippen LogP contribution >= 0.6 is 0 Å². The lowest BCUT2D eigenvalue weighted by molar-refractivity contribution is -0.152. The SMILES string of the molecule is O=C(COc1ccc2ccccc2c1)N1CCCCC1C1OCCO1. The molecule has 5 nitrogen and oxygen atoms in total. The molecule has 0 radical (unpaired) electrons. The predicted octanol–water partition coefficient (Wildman–Crippen LogP) is 2.97. The number of hydrogen-bond acceptors (Lipinski definition) is 4. The first-order valence-corrected chi connectivity index (χ1v) is 8.95. The van der Waals surface area contributed by atoms with Gasteiger partial charge in [0.25, 0.3) is 5.91 Å². The van der Waals surface area contributed by atoms with Gasteiger partial charge in [-0.25, -0.2) is 0 Å². The van der Waals surface area contributed by atoms with Crippen LogP contribution in [0.5, 0.6) is 5.75 Å². The number of carbonyl (C=O) groups is 1. The molecule has 2 aromatic rings. The number of likely N-dealkylation sites (tertiary alicyclic amines) is 1. The number of ether oxygens (including phenoxy) is 3. The Morgan fingerprint density at radius 1 is 1.08 bits per heavy atom. The summed E-state index contributed by atoms with van der Waals surface area (Å²) in [6, 6.07) is 14.0. The molecule has 1 atom stereocenters. The third-order valence-electron chi connectivity index (χ3n) is 4.91. The zero-order chi connectivity index (χ0) is 17.1. The van der Waals surface area contributed by atoms with Crippen molar-refractivity contribution >= 4 is 16.7 Å². The Hall–Kier alpha value is -2.11. The van der Waals surface area contributed by atoms with E-state index >= 15 is 0 Å². The van der Waals surface area contributed by atoms with Gasteiger partial charge in [0, 0.05) is 6.54 Å². The largest absolute Gasteiger partial charge is 0.484 e. The number of piperidine rings is 1. The predicted molar refractivity (Wildman–Crippen MR) is 94.5 cm³/mol. The molecule has 1 unspecified atom stereocenters. The van der Waals surface area contributed by atoms with Crippen molar-refractivity contribution in [3.05, 3.63) is 42.5 Å². The van der Waals surface area contributed by atoms with Crippen molar-refractivity contribution in [2.24, 2.45) is 0 Å². The number of nitrogens with zero attached hydrogens (tertiary/aromatic N) is 1. The third-order valence-corrected chi connectivity index (χ3v) is 4.91. The highest BCUT2D eigenvalue weighted by molar-refractivity contribution is 5.84. The van der Waals surface area contributed by atoms with Gasteiger partial charge in [0.2, 0.25) is 0 Å². The van der Waals surface area contributed by atoms with Gasteiger partial charge in [-0.2, -0.15) is 0 Å². The number of amides is 1. The molecule has 2 saturated heterocycles. The molecule has 0 N–H and O–H groups in total. The van der Waals surface area contributed by atoms with E-state index in [9.17, 15) is 4.79 Å². The number of carbonyl (C=O) groups excluding carboxylic acids is 1. The van der Waals surface area contributed by atoms with E-state index < -0.39 is 0 Å². The Morgan fingerprint density at radius 2 is 1.88 bits per heavy atom. The summed E-state index contributed by atoms with van der Waals surface area (Å²) in [5.41, 5.74) is 0. The molecule has 0 aliphatic carbocycles. The average molecular weight is 341 g/mol. The summed E-state index contributed by atoms with van der Waals surface area (Å²) in [6.45, 7) is 2.00. The summed E-state index contributed by atoms with van der Waals surface area (Å²) in [6.07, 6.45) is 2.76. The summed E-state index contributed by atoms with van der Waals surface area (Å²) < 4.78 is 17.0. The molecule has 2 aromatic carbocycles. The third kappa shape index (κ3) is 3.62. The maximum Gasteiger partial charge on any atom is 0.260 e. The molecular weight excluding hydrogens is 318 g/mol. The molecule has 0 bridgehead atoms. The van der Waals surface area contributed by atoms with Gasteiger partial charge in [0.1, 0.15) is 5.75 Å². The van der Waals surface area contributed by atoms with E-state index in [1.807, 2.05) is 41.3 Å². The molecule has 0 aromatic heterocycles. The summed E-state index contributed by atoms with van der Waals surface area (Å²) in [5.74, 6) is 0.714. The number of hydrogen-bond donors (Lipinski definition) is 0. The van der Waals surface area contributed by atoms with Crippen LogP contribution in [0.15, 0.2) is 42.5 Å². The lowest BCUT2D eigenvalue weighted by Gasteiger charge is -2.37. The van der Waals surface area contributed by atoms with Crippen molar-refractivity contribution in [1.82, 2.24) is 4.90 Å². The van der Waals surface area contributed by atoms with Crippen molar-refractivity contribution in [1.29, 1.82) is 0 Å². The van der Waals surface area contributed by atoms with Crippen LogP contribution in [0.25, 0.3) is 10.8 Å². The Balaban J connectivity index is 1.41. The fraction of sp³-hybridized carbons (Fsp3) is 0.450. The minimum atomic E-state index is -0.287. The molecule has 1 amide bonds. The van der Waals surface area contributed by atoms with Crippen LogP contribution < -0.4 is 4.74 Å². The Morgan fingerprint density at radius 3 is 2.72 bits per heavy atom. The van der Waals surface area contributed by atoms with Crippen molar-refractivity contribution in [3.63, 3.8) is 0 Å². The molecule has 2 aliphatic heterocycles. The van der Waals surface area contributed by atoms with Crippen LogP contribution in [0, 0.1) is 0 Å². The first-order valence-electron chi connectivity index (χ1n) is 8.95. The standard InChI is InChI=1S/C20H23NO4/c22-19(21-10-4-3-7-18(21)20-23-11-12-24-20)14-25-17-9-8-15-5-1-2-6-16(15)13-17/h1-2,5-6,8-9,13,18,20H,3-4,7,10-12,14H2. The van der Waals surface area contributed by atoms with Gasteiger partial charge in [-0.05, 0) is 42.2 Å². The first-order chi connectivity index (χ1) is 12.3. The molecule has 25 heavy (non-hydrogen) atoms. The van der Waals surface area contributed by atoms with Gasteiger partial charge in [-0.3, -0.25) is 4.79 Å². The molecule has 2 heterocycles. The maximum atomic E-state index is 12.7. The monoisotopic (exact) mass is 341 g/mol. The van der Waals surface area contributed by atoms with E-state index in [1.165, 1.54) is 0 Å². The van der Waals surface area contributed by atoms with E-state index in [0.29, 0.717) is 19.0 Å². The quantitative estimate of drug-likeness (QED) is 0.858. The molecule has 0 saturated carbocycles. The van der Waals surface area contributed by atoms with Crippen molar-refractivity contribution in [3.8, 4) is 5.75 Å². The molecule has 5 heteroatoms. The molecule has 132 valence electrons. The number of fused-ring (bicyclic) bond motifs is 1. The lowest BCUT2D eigenvalue weighted by atomic mass is 10.0. The van der Waals surface area contributed by atoms with Gasteiger partial charge < -0.3 is 19.1 Å². The average Bonchev–Trinajstić information content (AvgIpc) is 3.20. The van der Waals surface area contributed by atoms with E-state index in [1.54, 1.807) is 0 Å². The molecule has 0 spiro atoms. The van der Waals surface area contributed by atoms with Gasteiger partial charge in [0.05, 0.1) is 19.3 Å². The first kappa shape index (κ1) is 16.4. The smallest absolute Gasteiger partial charge is 0.260 e. The minimum Gasteiger partial charge on any atom is -0.484 e. The Labute approximate surface area is 147 Å². The van der Waals surface area contributed by atoms with E-state index in [-0.39, 0.29) is 24.8 Å². The van der Waals surface area contributed by atoms with Gasteiger partial charge >= 0.3 is 0 Å². The Bertz CT molecular complexity index is 741. The van der Waals surface area contributed by atoms with Crippen LogP contribution in [0.3, 0.4) is 0 Å². The van der Waals surface area contributed by atoms with Gasteiger partial charge in [0.15, 0.2) is 12.9 Å². The molecule has 2 aliphatic rings.